The van der Waals surface area contributed by atoms with E-state index in [1.165, 1.54) is 60.5 Å². The molecule has 6 aromatic rings. The predicted molar refractivity (Wildman–Crippen MR) is 226 cm³/mol. The largest absolute Gasteiger partial charge is 0.461 e. The molecular weight excluding hydrogens is 839 g/mol. The van der Waals surface area contributed by atoms with Gasteiger partial charge in [0.2, 0.25) is 0 Å². The van der Waals surface area contributed by atoms with Crippen molar-refractivity contribution in [2.24, 2.45) is 7.05 Å². The average molecular weight is 881 g/mol. The summed E-state index contributed by atoms with van der Waals surface area (Å²) in [6, 6.07) is 9.75. The lowest BCUT2D eigenvalue weighted by Crippen LogP contribution is -2.45. The number of carbonyl (C=O) groups excluding carboxylic acids is 2. The molecule has 1 amide bonds. The molecule has 1 atom stereocenters. The maximum atomic E-state index is 15.6. The molecule has 0 spiro atoms. The second kappa shape index (κ2) is 18.3. The van der Waals surface area contributed by atoms with E-state index in [4.69, 9.17) is 9.47 Å². The summed E-state index contributed by atoms with van der Waals surface area (Å²) in [4.78, 5) is 70.6. The smallest absolute Gasteiger partial charge is 0.337 e. The number of rotatable bonds is 12. The number of nitrogens with one attached hydrogen (secondary N) is 2. The number of hydrogen-bond donors (Lipinski definition) is 2. The summed E-state index contributed by atoms with van der Waals surface area (Å²) in [5.74, 6) is -3.59. The van der Waals surface area contributed by atoms with Crippen LogP contribution >= 0.6 is 0 Å². The second-order valence-corrected chi connectivity index (χ2v) is 17.2. The van der Waals surface area contributed by atoms with E-state index in [0.717, 1.165) is 36.7 Å². The molecule has 2 aliphatic rings. The first-order valence-electron chi connectivity index (χ1n) is 20.4. The van der Waals surface area contributed by atoms with Crippen molar-refractivity contribution >= 4 is 38.5 Å². The molecule has 1 aliphatic heterocycles. The van der Waals surface area contributed by atoms with Crippen molar-refractivity contribution in [3.05, 3.63) is 135 Å². The van der Waals surface area contributed by atoms with Gasteiger partial charge in [0.1, 0.15) is 35.4 Å². The first kappa shape index (κ1) is 42.9. The zero-order valence-corrected chi connectivity index (χ0v) is 34.8. The fourth-order valence-electron chi connectivity index (χ4n) is 7.74. The minimum Gasteiger partial charge on any atom is -0.461 e. The van der Waals surface area contributed by atoms with Gasteiger partial charge in [-0.05, 0) is 80.0 Å². The number of amides is 1. The molecule has 16 nitrogen and oxygen atoms in total. The summed E-state index contributed by atoms with van der Waals surface area (Å²) in [7, 11) is -2.94. The summed E-state index contributed by atoms with van der Waals surface area (Å²) in [5, 5.41) is 2.69. The van der Waals surface area contributed by atoms with E-state index in [2.05, 4.69) is 25.3 Å². The third kappa shape index (κ3) is 9.39. The molecule has 2 aromatic carbocycles. The van der Waals surface area contributed by atoms with Crippen LogP contribution in [0.1, 0.15) is 72.6 Å². The molecule has 19 heteroatoms. The number of pyridine rings is 2. The molecule has 8 rings (SSSR count). The van der Waals surface area contributed by atoms with Crippen LogP contribution in [0.4, 0.5) is 14.5 Å². The average Bonchev–Trinajstić information content (AvgIpc) is 3.30. The molecule has 1 aliphatic carbocycles. The van der Waals surface area contributed by atoms with Gasteiger partial charge in [-0.3, -0.25) is 23.9 Å². The van der Waals surface area contributed by atoms with Gasteiger partial charge < -0.3 is 14.8 Å². The molecule has 4 aromatic heterocycles. The van der Waals surface area contributed by atoms with Crippen LogP contribution in [0, 0.1) is 11.6 Å². The fraction of sp³-hybridized carbons (Fsp3) is 0.318. The zero-order chi connectivity index (χ0) is 44.3. The van der Waals surface area contributed by atoms with Crippen LogP contribution in [0.2, 0.25) is 0 Å². The first-order chi connectivity index (χ1) is 30.4. The van der Waals surface area contributed by atoms with E-state index >= 15 is 8.78 Å². The molecule has 0 bridgehead atoms. The van der Waals surface area contributed by atoms with Gasteiger partial charge in [0.25, 0.3) is 21.5 Å². The summed E-state index contributed by atoms with van der Waals surface area (Å²) in [6.07, 6.45) is 12.4. The number of nitrogens with zero attached hydrogens (tertiary/aromatic N) is 6. The van der Waals surface area contributed by atoms with Crippen LogP contribution in [-0.4, -0.2) is 74.7 Å². The fourth-order valence-corrected chi connectivity index (χ4v) is 8.80. The maximum absolute atomic E-state index is 15.6. The number of hydrogen-bond acceptors (Lipinski definition) is 12. The molecule has 0 unspecified atom stereocenters. The van der Waals surface area contributed by atoms with Gasteiger partial charge in [0, 0.05) is 69.0 Å². The molecule has 2 N–H and O–H groups in total. The Morgan fingerprint density at radius 2 is 1.60 bits per heavy atom. The highest BCUT2D eigenvalue weighted by molar-refractivity contribution is 7.92. The van der Waals surface area contributed by atoms with Crippen LogP contribution < -0.4 is 21.3 Å². The molecule has 2 fully saturated rings. The van der Waals surface area contributed by atoms with Crippen molar-refractivity contribution in [1.29, 1.82) is 0 Å². The Bertz CT molecular complexity index is 2900. The standard InChI is InChI=1S/C44H42F2N8O8S/c1-53-38-25-47-16-13-32(38)42(56)54(44(53)58)39-12-7-26(22-48-39)19-37(43(57)62-30-5-3-2-4-6-30)51-41(55)33-20-35(46)36(21-34(33)45)52-63(59,60)31-10-8-27(9-11-31)29-23-49-40(50-24-29)28-14-17-61-18-15-28/h7-13,16,20-25,28,30,37,52H,2-6,14-15,17-19H2,1H3,(H,51,55)/t37-/m0/s1. The van der Waals surface area contributed by atoms with Crippen molar-refractivity contribution in [1.82, 2.24) is 34.4 Å². The van der Waals surface area contributed by atoms with Crippen molar-refractivity contribution in [3.63, 3.8) is 0 Å². The molecule has 1 saturated carbocycles. The van der Waals surface area contributed by atoms with Crippen LogP contribution in [0.25, 0.3) is 27.8 Å². The number of sulfonamides is 1. The Morgan fingerprint density at radius 3 is 2.30 bits per heavy atom. The highest BCUT2D eigenvalue weighted by Crippen LogP contribution is 2.28. The third-order valence-electron chi connectivity index (χ3n) is 11.3. The number of anilines is 1. The lowest BCUT2D eigenvalue weighted by atomic mass is 9.97. The van der Waals surface area contributed by atoms with E-state index in [1.54, 1.807) is 24.5 Å². The highest BCUT2D eigenvalue weighted by atomic mass is 32.2. The molecular formula is C44H42F2N8O8S. The van der Waals surface area contributed by atoms with Crippen LogP contribution in [0.15, 0.2) is 100 Å². The number of halogens is 2. The van der Waals surface area contributed by atoms with Crippen molar-refractivity contribution in [3.8, 4) is 16.9 Å². The lowest BCUT2D eigenvalue weighted by molar-refractivity contribution is -0.152. The van der Waals surface area contributed by atoms with Gasteiger partial charge in [-0.1, -0.05) is 24.6 Å². The Labute approximate surface area is 359 Å². The number of fused-ring (bicyclic) bond motifs is 1. The minimum atomic E-state index is -4.43. The third-order valence-corrected chi connectivity index (χ3v) is 12.7. The van der Waals surface area contributed by atoms with Crippen LogP contribution in [0.3, 0.4) is 0 Å². The first-order valence-corrected chi connectivity index (χ1v) is 21.9. The predicted octanol–water partition coefficient (Wildman–Crippen LogP) is 5.13. The molecule has 5 heterocycles. The number of benzene rings is 2. The molecule has 1 saturated heterocycles. The lowest BCUT2D eigenvalue weighted by Gasteiger charge is -2.25. The molecule has 63 heavy (non-hydrogen) atoms. The minimum absolute atomic E-state index is 0.000636. The quantitative estimate of drug-likeness (QED) is 0.154. The molecule has 0 radical (unpaired) electrons. The summed E-state index contributed by atoms with van der Waals surface area (Å²) in [5.41, 5.74) is -0.814. The normalized spacial score (nSPS) is 15.5. The Kier molecular flexibility index (Phi) is 12.5. The summed E-state index contributed by atoms with van der Waals surface area (Å²) < 4.78 is 73.1. The number of aromatic nitrogens is 6. The number of aryl methyl sites for hydroxylation is 1. The van der Waals surface area contributed by atoms with Gasteiger partial charge in [-0.2, -0.15) is 0 Å². The van der Waals surface area contributed by atoms with Gasteiger partial charge >= 0.3 is 11.7 Å². The zero-order valence-electron chi connectivity index (χ0n) is 34.0. The number of esters is 1. The number of ether oxygens (including phenoxy) is 2. The molecule has 326 valence electrons. The summed E-state index contributed by atoms with van der Waals surface area (Å²) in [6.45, 7) is 1.30. The Balaban J connectivity index is 0.977. The van der Waals surface area contributed by atoms with E-state index in [0.29, 0.717) is 66.2 Å². The summed E-state index contributed by atoms with van der Waals surface area (Å²) >= 11 is 0. The highest BCUT2D eigenvalue weighted by Gasteiger charge is 2.29. The van der Waals surface area contributed by atoms with Gasteiger partial charge in [-0.25, -0.2) is 46.3 Å². The maximum Gasteiger partial charge on any atom is 0.337 e. The van der Waals surface area contributed by atoms with E-state index in [9.17, 15) is 27.6 Å². The van der Waals surface area contributed by atoms with E-state index in [1.807, 2.05) is 4.72 Å². The second-order valence-electron chi connectivity index (χ2n) is 15.5. The van der Waals surface area contributed by atoms with Crippen LogP contribution in [0.5, 0.6) is 0 Å². The van der Waals surface area contributed by atoms with Gasteiger partial charge in [0.15, 0.2) is 0 Å². The van der Waals surface area contributed by atoms with Crippen molar-refractivity contribution in [2.75, 3.05) is 17.9 Å². The van der Waals surface area contributed by atoms with Crippen molar-refractivity contribution in [2.45, 2.75) is 74.3 Å². The topological polar surface area (TPSA) is 206 Å². The number of carbonyl (C=O) groups is 2. The van der Waals surface area contributed by atoms with Crippen molar-refractivity contribution < 1.29 is 36.3 Å². The van der Waals surface area contributed by atoms with E-state index in [-0.39, 0.29) is 28.4 Å². The SMILES string of the molecule is Cn1c(=O)n(-c2ccc(C[C@H](NC(=O)c3cc(F)c(NS(=O)(=O)c4ccc(-c5cnc(C6CCOCC6)nc5)cc4)cc3F)C(=O)OC3CCCCC3)cn2)c(=O)c2ccncc21. The van der Waals surface area contributed by atoms with Gasteiger partial charge in [0.05, 0.1) is 33.2 Å². The Morgan fingerprint density at radius 1 is 0.873 bits per heavy atom. The van der Waals surface area contributed by atoms with E-state index < -0.39 is 68.2 Å². The van der Waals surface area contributed by atoms with Crippen LogP contribution in [-0.2, 0) is 37.8 Å². The Hall–Kier alpha value is -6.73. The van der Waals surface area contributed by atoms with Gasteiger partial charge in [-0.15, -0.1) is 0 Å². The monoisotopic (exact) mass is 880 g/mol.